The van der Waals surface area contributed by atoms with Crippen LogP contribution in [0.4, 0.5) is 26.3 Å². The Kier molecular flexibility index (Phi) is 7.08. The van der Waals surface area contributed by atoms with Gasteiger partial charge in [-0.25, -0.2) is 4.52 Å². The van der Waals surface area contributed by atoms with E-state index in [1.54, 1.807) is 11.4 Å². The number of pyridine rings is 1. The lowest BCUT2D eigenvalue weighted by molar-refractivity contribution is -0.176. The van der Waals surface area contributed by atoms with E-state index in [-0.39, 0.29) is 18.0 Å². The van der Waals surface area contributed by atoms with Crippen molar-refractivity contribution in [1.82, 2.24) is 25.1 Å². The Bertz CT molecular complexity index is 1430. The average molecular weight is 587 g/mol. The molecule has 2 aromatic heterocycles. The van der Waals surface area contributed by atoms with E-state index in [2.05, 4.69) is 10.4 Å². The van der Waals surface area contributed by atoms with E-state index in [0.717, 1.165) is 27.7 Å². The summed E-state index contributed by atoms with van der Waals surface area (Å²) in [5.41, 5.74) is -3.33. The number of carbonyl (C=O) groups excluding carboxylic acids is 3. The zero-order valence-corrected chi connectivity index (χ0v) is 22.7. The number of hydrogen-bond acceptors (Lipinski definition) is 5. The molecule has 222 valence electrons. The van der Waals surface area contributed by atoms with Crippen LogP contribution in [0, 0.1) is 34.0 Å². The Hall–Kier alpha value is -3.83. The minimum absolute atomic E-state index is 0.00914. The van der Waals surface area contributed by atoms with Crippen molar-refractivity contribution >= 4 is 23.2 Å². The summed E-state index contributed by atoms with van der Waals surface area (Å²) in [5, 5.41) is 17.9. The van der Waals surface area contributed by atoms with Crippen LogP contribution in [0.5, 0.6) is 0 Å². The fourth-order valence-electron chi connectivity index (χ4n) is 5.76. The number of aromatic nitrogens is 2. The average Bonchev–Trinajstić information content (AvgIpc) is 3.22. The quantitative estimate of drug-likeness (QED) is 0.519. The number of rotatable bonds is 5. The Morgan fingerprint density at radius 1 is 1.12 bits per heavy atom. The van der Waals surface area contributed by atoms with Crippen LogP contribution in [-0.2, 0) is 20.6 Å². The van der Waals surface area contributed by atoms with Crippen LogP contribution in [0.1, 0.15) is 51.8 Å². The monoisotopic (exact) mass is 586 g/mol. The van der Waals surface area contributed by atoms with Crippen LogP contribution in [0.15, 0.2) is 24.5 Å². The van der Waals surface area contributed by atoms with Gasteiger partial charge in [-0.1, -0.05) is 34.6 Å². The second-order valence-electron chi connectivity index (χ2n) is 12.0. The summed E-state index contributed by atoms with van der Waals surface area (Å²) in [6.45, 7) is 8.07. The Morgan fingerprint density at radius 2 is 1.76 bits per heavy atom. The maximum Gasteiger partial charge on any atom is 0.471 e. The van der Waals surface area contributed by atoms with Gasteiger partial charge < -0.3 is 15.5 Å². The smallest absolute Gasteiger partial charge is 0.336 e. The first-order valence-corrected chi connectivity index (χ1v) is 12.6. The van der Waals surface area contributed by atoms with Gasteiger partial charge in [0.05, 0.1) is 23.3 Å². The van der Waals surface area contributed by atoms with Crippen molar-refractivity contribution in [2.75, 3.05) is 6.54 Å². The molecular weight excluding hydrogens is 558 g/mol. The Labute approximate surface area is 230 Å². The standard InChI is InChI=1S/C26H28F6N6O3/c1-23(2,3)19(36-22(41)26(30,31)32)21(40)37-11-14-16(24(14,4)5)18(37)20(39)35-15(9-33)12-10-34-38-8-6-7-13(17(12)38)25(27,28)29/h6-8,10,14-16,18-19H,11H2,1-5H3,(H,35,39)(H,36,41)/t14-,15?,16-,18-,19+/m0/s1. The highest BCUT2D eigenvalue weighted by atomic mass is 19.4. The summed E-state index contributed by atoms with van der Waals surface area (Å²) >= 11 is 0. The lowest BCUT2D eigenvalue weighted by Gasteiger charge is -2.37. The summed E-state index contributed by atoms with van der Waals surface area (Å²) in [4.78, 5) is 40.1. The number of carbonyl (C=O) groups is 3. The molecule has 15 heteroatoms. The summed E-state index contributed by atoms with van der Waals surface area (Å²) in [5.74, 6) is -4.71. The summed E-state index contributed by atoms with van der Waals surface area (Å²) in [6, 6.07) is -0.759. The van der Waals surface area contributed by atoms with Gasteiger partial charge in [-0.3, -0.25) is 14.4 Å². The van der Waals surface area contributed by atoms with Crippen molar-refractivity contribution in [2.45, 2.75) is 65.1 Å². The lowest BCUT2D eigenvalue weighted by Crippen LogP contribution is -2.60. The van der Waals surface area contributed by atoms with Crippen LogP contribution in [0.25, 0.3) is 5.52 Å². The number of hydrogen-bond donors (Lipinski definition) is 2. The molecule has 1 unspecified atom stereocenters. The number of halogens is 6. The molecule has 3 amide bonds. The van der Waals surface area contributed by atoms with Crippen LogP contribution in [0.2, 0.25) is 0 Å². The molecule has 1 saturated carbocycles. The molecule has 2 N–H and O–H groups in total. The van der Waals surface area contributed by atoms with Gasteiger partial charge in [-0.2, -0.15) is 36.7 Å². The molecule has 3 heterocycles. The van der Waals surface area contributed by atoms with E-state index in [9.17, 15) is 46.0 Å². The molecule has 0 aromatic carbocycles. The van der Waals surface area contributed by atoms with Crippen molar-refractivity contribution < 1.29 is 40.7 Å². The molecule has 0 spiro atoms. The molecule has 41 heavy (non-hydrogen) atoms. The third-order valence-electron chi connectivity index (χ3n) is 8.01. The summed E-state index contributed by atoms with van der Waals surface area (Å²) in [7, 11) is 0. The van der Waals surface area contributed by atoms with Crippen molar-refractivity contribution in [3.63, 3.8) is 0 Å². The molecular formula is C26H28F6N6O3. The molecule has 1 aliphatic heterocycles. The molecule has 9 nitrogen and oxygen atoms in total. The van der Waals surface area contributed by atoms with E-state index in [1.807, 2.05) is 13.8 Å². The van der Waals surface area contributed by atoms with Gasteiger partial charge in [0.15, 0.2) is 0 Å². The fraction of sp³-hybridized carbons (Fsp3) is 0.577. The first kappa shape index (κ1) is 30.1. The minimum Gasteiger partial charge on any atom is -0.336 e. The number of nitriles is 1. The van der Waals surface area contributed by atoms with Crippen molar-refractivity contribution in [3.8, 4) is 6.07 Å². The van der Waals surface area contributed by atoms with E-state index in [4.69, 9.17) is 0 Å². The van der Waals surface area contributed by atoms with Crippen LogP contribution in [0.3, 0.4) is 0 Å². The highest BCUT2D eigenvalue weighted by molar-refractivity contribution is 5.95. The van der Waals surface area contributed by atoms with E-state index in [1.165, 1.54) is 27.0 Å². The molecule has 1 aliphatic carbocycles. The third kappa shape index (κ3) is 5.31. The first-order valence-electron chi connectivity index (χ1n) is 12.6. The largest absolute Gasteiger partial charge is 0.471 e. The van der Waals surface area contributed by atoms with Crippen molar-refractivity contribution in [2.24, 2.45) is 22.7 Å². The second-order valence-corrected chi connectivity index (χ2v) is 12.0. The van der Waals surface area contributed by atoms with Gasteiger partial charge in [-0.15, -0.1) is 0 Å². The maximum atomic E-state index is 13.7. The normalized spacial score (nSPS) is 23.4. The molecule has 2 fully saturated rings. The molecule has 0 radical (unpaired) electrons. The predicted octanol–water partition coefficient (Wildman–Crippen LogP) is 3.61. The Balaban J connectivity index is 1.66. The number of likely N-dealkylation sites (tertiary alicyclic amines) is 1. The zero-order chi connectivity index (χ0) is 30.9. The van der Waals surface area contributed by atoms with Gasteiger partial charge in [0.1, 0.15) is 18.1 Å². The van der Waals surface area contributed by atoms with E-state index in [0.29, 0.717) is 0 Å². The zero-order valence-electron chi connectivity index (χ0n) is 22.7. The van der Waals surface area contributed by atoms with Gasteiger partial charge in [-0.05, 0) is 34.8 Å². The van der Waals surface area contributed by atoms with Crippen molar-refractivity contribution in [3.05, 3.63) is 35.7 Å². The van der Waals surface area contributed by atoms with Gasteiger partial charge in [0, 0.05) is 18.3 Å². The topological polar surface area (TPSA) is 120 Å². The van der Waals surface area contributed by atoms with Crippen LogP contribution < -0.4 is 10.6 Å². The van der Waals surface area contributed by atoms with Gasteiger partial charge in [0.2, 0.25) is 11.8 Å². The number of fused-ring (bicyclic) bond motifs is 2. The number of piperidine rings is 1. The van der Waals surface area contributed by atoms with Crippen LogP contribution in [-0.4, -0.2) is 57.0 Å². The molecule has 0 bridgehead atoms. The SMILES string of the molecule is CC(C)(C)[C@H](NC(=O)C(F)(F)F)C(=O)N1C[C@H]2[C@@H]([C@H]1C(=O)NC(C#N)c1cnn3cccc(C(F)(F)F)c13)C2(C)C. The molecule has 1 saturated heterocycles. The number of nitrogens with zero attached hydrogens (tertiary/aromatic N) is 4. The van der Waals surface area contributed by atoms with Crippen LogP contribution >= 0.6 is 0 Å². The molecule has 4 rings (SSSR count). The molecule has 2 aromatic rings. The molecule has 5 atom stereocenters. The minimum atomic E-state index is -5.25. The predicted molar refractivity (Wildman–Crippen MR) is 130 cm³/mol. The van der Waals surface area contributed by atoms with E-state index >= 15 is 0 Å². The maximum absolute atomic E-state index is 13.7. The van der Waals surface area contributed by atoms with Crippen molar-refractivity contribution in [1.29, 1.82) is 5.26 Å². The third-order valence-corrected chi connectivity index (χ3v) is 8.01. The lowest BCUT2D eigenvalue weighted by atomic mass is 9.85. The van der Waals surface area contributed by atoms with Gasteiger partial charge >= 0.3 is 18.3 Å². The molecule has 2 aliphatic rings. The Morgan fingerprint density at radius 3 is 2.29 bits per heavy atom. The second kappa shape index (κ2) is 9.63. The highest BCUT2D eigenvalue weighted by Crippen LogP contribution is 2.65. The summed E-state index contributed by atoms with van der Waals surface area (Å²) < 4.78 is 81.2. The number of nitrogens with one attached hydrogen (secondary N) is 2. The highest BCUT2D eigenvalue weighted by Gasteiger charge is 2.70. The van der Waals surface area contributed by atoms with E-state index < -0.39 is 76.0 Å². The number of alkyl halides is 6. The number of amides is 3. The fourth-order valence-corrected chi connectivity index (χ4v) is 5.76. The summed E-state index contributed by atoms with van der Waals surface area (Å²) in [6.07, 6.45) is -7.76. The first-order chi connectivity index (χ1) is 18.7. The van der Waals surface area contributed by atoms with Gasteiger partial charge in [0.25, 0.3) is 0 Å².